The Hall–Kier alpha value is -2.33. The summed E-state index contributed by atoms with van der Waals surface area (Å²) in [7, 11) is 1.65. The number of carbonyl (C=O) groups is 1. The van der Waals surface area contributed by atoms with E-state index in [4.69, 9.17) is 4.74 Å². The molecule has 138 valence electrons. The molecule has 1 heterocycles. The van der Waals surface area contributed by atoms with Crippen LogP contribution in [0, 0.1) is 0 Å². The zero-order valence-corrected chi connectivity index (χ0v) is 15.7. The highest BCUT2D eigenvalue weighted by Gasteiger charge is 2.34. The van der Waals surface area contributed by atoms with Crippen molar-refractivity contribution in [1.82, 2.24) is 4.90 Å². The first kappa shape index (κ1) is 18.5. The number of aliphatic hydroxyl groups is 1. The zero-order chi connectivity index (χ0) is 18.7. The molecule has 1 N–H and O–H groups in total. The van der Waals surface area contributed by atoms with Crippen LogP contribution in [0.3, 0.4) is 0 Å². The summed E-state index contributed by atoms with van der Waals surface area (Å²) in [5.74, 6) is 0.879. The molecule has 0 saturated carbocycles. The smallest absolute Gasteiger partial charge is 0.254 e. The minimum atomic E-state index is -0.699. The summed E-state index contributed by atoms with van der Waals surface area (Å²) < 4.78 is 5.30. The van der Waals surface area contributed by atoms with E-state index in [0.29, 0.717) is 12.0 Å². The number of carbonyl (C=O) groups excluding carboxylic acids is 1. The van der Waals surface area contributed by atoms with Crippen molar-refractivity contribution in [2.45, 2.75) is 44.8 Å². The molecule has 1 fully saturated rings. The van der Waals surface area contributed by atoms with Crippen molar-refractivity contribution < 1.29 is 14.6 Å². The molecule has 0 bridgehead atoms. The lowest BCUT2D eigenvalue weighted by Crippen LogP contribution is -2.45. The van der Waals surface area contributed by atoms with Gasteiger partial charge in [0.15, 0.2) is 0 Å². The van der Waals surface area contributed by atoms with Gasteiger partial charge in [0.05, 0.1) is 18.8 Å². The molecular formula is C22H27NO3. The lowest BCUT2D eigenvalue weighted by atomic mass is 9.93. The highest BCUT2D eigenvalue weighted by Crippen LogP contribution is 2.35. The van der Waals surface area contributed by atoms with E-state index < -0.39 is 5.60 Å². The van der Waals surface area contributed by atoms with Gasteiger partial charge in [0.2, 0.25) is 0 Å². The summed E-state index contributed by atoms with van der Waals surface area (Å²) in [5.41, 5.74) is 2.21. The second kappa shape index (κ2) is 7.50. The third kappa shape index (κ3) is 4.25. The average molecular weight is 353 g/mol. The SMILES string of the molecule is COc1cccc([C@H]2CCN2C(=O)c2cccc(CCC(C)(C)O)c2)c1. The van der Waals surface area contributed by atoms with Crippen molar-refractivity contribution in [3.8, 4) is 5.75 Å². The van der Waals surface area contributed by atoms with E-state index in [0.717, 1.165) is 36.3 Å². The standard InChI is InChI=1S/C22H27NO3/c1-22(2,25)12-10-16-6-4-8-18(14-16)21(24)23-13-11-20(23)17-7-5-9-19(15-17)26-3/h4-9,14-15,20,25H,10-13H2,1-3H3/t20-/m1/s1. The van der Waals surface area contributed by atoms with Gasteiger partial charge in [0.25, 0.3) is 5.91 Å². The summed E-state index contributed by atoms with van der Waals surface area (Å²) in [4.78, 5) is 14.9. The van der Waals surface area contributed by atoms with Crippen LogP contribution < -0.4 is 4.74 Å². The first-order valence-electron chi connectivity index (χ1n) is 9.13. The molecule has 2 aromatic carbocycles. The van der Waals surface area contributed by atoms with Gasteiger partial charge in [-0.05, 0) is 68.5 Å². The molecule has 1 saturated heterocycles. The van der Waals surface area contributed by atoms with Crippen LogP contribution in [-0.4, -0.2) is 35.2 Å². The van der Waals surface area contributed by atoms with Gasteiger partial charge in [0.1, 0.15) is 5.75 Å². The highest BCUT2D eigenvalue weighted by molar-refractivity contribution is 5.95. The number of likely N-dealkylation sites (tertiary alicyclic amines) is 1. The van der Waals surface area contributed by atoms with Crippen LogP contribution in [0.25, 0.3) is 0 Å². The van der Waals surface area contributed by atoms with Gasteiger partial charge in [-0.1, -0.05) is 24.3 Å². The van der Waals surface area contributed by atoms with Gasteiger partial charge in [-0.2, -0.15) is 0 Å². The highest BCUT2D eigenvalue weighted by atomic mass is 16.5. The Kier molecular flexibility index (Phi) is 5.33. The first-order chi connectivity index (χ1) is 12.4. The number of benzene rings is 2. The van der Waals surface area contributed by atoms with Crippen molar-refractivity contribution in [2.75, 3.05) is 13.7 Å². The molecule has 0 unspecified atom stereocenters. The third-order valence-electron chi connectivity index (χ3n) is 4.96. The Bertz CT molecular complexity index is 779. The molecule has 0 aromatic heterocycles. The molecule has 0 aliphatic carbocycles. The van der Waals surface area contributed by atoms with Crippen molar-refractivity contribution in [1.29, 1.82) is 0 Å². The number of rotatable bonds is 6. The van der Waals surface area contributed by atoms with Gasteiger partial charge >= 0.3 is 0 Å². The molecule has 4 nitrogen and oxygen atoms in total. The predicted octanol–water partition coefficient (Wildman–Crippen LogP) is 3.99. The van der Waals surface area contributed by atoms with E-state index in [1.165, 1.54) is 0 Å². The van der Waals surface area contributed by atoms with E-state index in [-0.39, 0.29) is 11.9 Å². The summed E-state index contributed by atoms with van der Waals surface area (Å²) in [6, 6.07) is 15.8. The Labute approximate surface area is 155 Å². The molecule has 1 amide bonds. The number of methoxy groups -OCH3 is 1. The maximum Gasteiger partial charge on any atom is 0.254 e. The van der Waals surface area contributed by atoms with Crippen LogP contribution >= 0.6 is 0 Å². The second-order valence-corrected chi connectivity index (χ2v) is 7.59. The van der Waals surface area contributed by atoms with Crippen molar-refractivity contribution in [2.24, 2.45) is 0 Å². The molecule has 3 rings (SSSR count). The van der Waals surface area contributed by atoms with Crippen molar-refractivity contribution in [3.05, 3.63) is 65.2 Å². The maximum absolute atomic E-state index is 13.0. The number of ether oxygens (including phenoxy) is 1. The minimum absolute atomic E-state index is 0.0641. The summed E-state index contributed by atoms with van der Waals surface area (Å²) in [6.45, 7) is 4.39. The summed E-state index contributed by atoms with van der Waals surface area (Å²) in [5, 5.41) is 9.91. The lowest BCUT2D eigenvalue weighted by Gasteiger charge is -2.41. The lowest BCUT2D eigenvalue weighted by molar-refractivity contribution is 0.0460. The normalized spacial score (nSPS) is 16.9. The average Bonchev–Trinajstić information content (AvgIpc) is 2.59. The van der Waals surface area contributed by atoms with Gasteiger partial charge in [-0.25, -0.2) is 0 Å². The number of hydrogen-bond donors (Lipinski definition) is 1. The Morgan fingerprint density at radius 1 is 1.23 bits per heavy atom. The molecule has 0 spiro atoms. The number of nitrogens with zero attached hydrogens (tertiary/aromatic N) is 1. The van der Waals surface area contributed by atoms with Crippen LogP contribution in [0.4, 0.5) is 0 Å². The van der Waals surface area contributed by atoms with E-state index in [1.54, 1.807) is 21.0 Å². The second-order valence-electron chi connectivity index (χ2n) is 7.59. The molecule has 2 aromatic rings. The maximum atomic E-state index is 13.0. The number of aryl methyl sites for hydroxylation is 1. The Balaban J connectivity index is 1.73. The largest absolute Gasteiger partial charge is 0.497 e. The molecule has 0 radical (unpaired) electrons. The monoisotopic (exact) mass is 353 g/mol. The van der Waals surface area contributed by atoms with Gasteiger partial charge in [-0.15, -0.1) is 0 Å². The fourth-order valence-corrected chi connectivity index (χ4v) is 3.30. The van der Waals surface area contributed by atoms with Crippen LogP contribution in [0.2, 0.25) is 0 Å². The van der Waals surface area contributed by atoms with Crippen LogP contribution in [-0.2, 0) is 6.42 Å². The van der Waals surface area contributed by atoms with Crippen molar-refractivity contribution in [3.63, 3.8) is 0 Å². The van der Waals surface area contributed by atoms with Gasteiger partial charge < -0.3 is 14.7 Å². The first-order valence-corrected chi connectivity index (χ1v) is 9.13. The van der Waals surface area contributed by atoms with E-state index >= 15 is 0 Å². The quantitative estimate of drug-likeness (QED) is 0.854. The van der Waals surface area contributed by atoms with E-state index in [9.17, 15) is 9.90 Å². The molecule has 4 heteroatoms. The minimum Gasteiger partial charge on any atom is -0.497 e. The Morgan fingerprint density at radius 3 is 2.65 bits per heavy atom. The molecular weight excluding hydrogens is 326 g/mol. The number of hydrogen-bond acceptors (Lipinski definition) is 3. The summed E-state index contributed by atoms with van der Waals surface area (Å²) in [6.07, 6.45) is 2.39. The molecule has 1 atom stereocenters. The third-order valence-corrected chi connectivity index (χ3v) is 4.96. The van der Waals surface area contributed by atoms with Crippen LogP contribution in [0.5, 0.6) is 5.75 Å². The fourth-order valence-electron chi connectivity index (χ4n) is 3.30. The molecule has 26 heavy (non-hydrogen) atoms. The predicted molar refractivity (Wildman–Crippen MR) is 102 cm³/mol. The van der Waals surface area contributed by atoms with Crippen LogP contribution in [0.1, 0.15) is 54.2 Å². The van der Waals surface area contributed by atoms with Gasteiger partial charge in [-0.3, -0.25) is 4.79 Å². The Morgan fingerprint density at radius 2 is 2.00 bits per heavy atom. The van der Waals surface area contributed by atoms with E-state index in [1.807, 2.05) is 53.4 Å². The fraction of sp³-hybridized carbons (Fsp3) is 0.409. The summed E-state index contributed by atoms with van der Waals surface area (Å²) >= 11 is 0. The topological polar surface area (TPSA) is 49.8 Å². The van der Waals surface area contributed by atoms with Gasteiger partial charge in [0, 0.05) is 12.1 Å². The van der Waals surface area contributed by atoms with Crippen LogP contribution in [0.15, 0.2) is 48.5 Å². The number of amides is 1. The zero-order valence-electron chi connectivity index (χ0n) is 15.7. The van der Waals surface area contributed by atoms with Crippen molar-refractivity contribution >= 4 is 5.91 Å². The molecule has 1 aliphatic heterocycles. The molecule has 1 aliphatic rings. The van der Waals surface area contributed by atoms with E-state index in [2.05, 4.69) is 0 Å².